The summed E-state index contributed by atoms with van der Waals surface area (Å²) in [5.41, 5.74) is 0.918. The Labute approximate surface area is 140 Å². The van der Waals surface area contributed by atoms with Crippen molar-refractivity contribution in [3.05, 3.63) is 29.8 Å². The van der Waals surface area contributed by atoms with Gasteiger partial charge in [0, 0.05) is 19.6 Å². The standard InChI is InChI=1S/C17H21N3O4/c21-15(18-10-11-4-3-9-24-11)8-7-14-17(23)19-13-6-2-1-5-12(13)16(22)20-14/h1-2,5-6,11,14H,3-4,7-10H2,(H,18,21)(H,19,23)(H,20,22)/t11-,14-/m1/s1. The first-order valence-electron chi connectivity index (χ1n) is 8.22. The second-order valence-corrected chi connectivity index (χ2v) is 6.04. The highest BCUT2D eigenvalue weighted by Gasteiger charge is 2.28. The predicted octanol–water partition coefficient (Wildman–Crippen LogP) is 0.812. The third kappa shape index (κ3) is 3.91. The van der Waals surface area contributed by atoms with Crippen LogP contribution in [0.25, 0.3) is 0 Å². The molecule has 1 fully saturated rings. The molecule has 1 aromatic rings. The lowest BCUT2D eigenvalue weighted by Crippen LogP contribution is -2.42. The van der Waals surface area contributed by atoms with Gasteiger partial charge in [0.15, 0.2) is 0 Å². The van der Waals surface area contributed by atoms with E-state index in [1.54, 1.807) is 24.3 Å². The van der Waals surface area contributed by atoms with Gasteiger partial charge < -0.3 is 20.7 Å². The monoisotopic (exact) mass is 331 g/mol. The number of nitrogens with one attached hydrogen (secondary N) is 3. The van der Waals surface area contributed by atoms with E-state index in [1.807, 2.05) is 0 Å². The zero-order chi connectivity index (χ0) is 16.9. The molecular formula is C17H21N3O4. The van der Waals surface area contributed by atoms with Gasteiger partial charge in [0.2, 0.25) is 11.8 Å². The summed E-state index contributed by atoms with van der Waals surface area (Å²) < 4.78 is 5.45. The van der Waals surface area contributed by atoms with E-state index in [0.29, 0.717) is 17.8 Å². The molecule has 0 saturated carbocycles. The maximum absolute atomic E-state index is 12.2. The molecule has 2 atom stereocenters. The number of carbonyl (C=O) groups excluding carboxylic acids is 3. The van der Waals surface area contributed by atoms with Crippen molar-refractivity contribution in [1.29, 1.82) is 0 Å². The van der Waals surface area contributed by atoms with Crippen molar-refractivity contribution in [2.24, 2.45) is 0 Å². The van der Waals surface area contributed by atoms with Gasteiger partial charge >= 0.3 is 0 Å². The van der Waals surface area contributed by atoms with Crippen molar-refractivity contribution in [3.8, 4) is 0 Å². The van der Waals surface area contributed by atoms with E-state index < -0.39 is 6.04 Å². The van der Waals surface area contributed by atoms with Crippen LogP contribution in [0, 0.1) is 0 Å². The molecule has 0 unspecified atom stereocenters. The highest BCUT2D eigenvalue weighted by Crippen LogP contribution is 2.19. The van der Waals surface area contributed by atoms with Crippen LogP contribution in [0.3, 0.4) is 0 Å². The zero-order valence-electron chi connectivity index (χ0n) is 13.3. The normalized spacial score (nSPS) is 23.0. The second-order valence-electron chi connectivity index (χ2n) is 6.04. The van der Waals surface area contributed by atoms with E-state index in [0.717, 1.165) is 19.4 Å². The van der Waals surface area contributed by atoms with Crippen molar-refractivity contribution in [2.45, 2.75) is 37.8 Å². The number of carbonyl (C=O) groups is 3. The van der Waals surface area contributed by atoms with Gasteiger partial charge in [0.25, 0.3) is 5.91 Å². The molecule has 2 aliphatic rings. The van der Waals surface area contributed by atoms with Gasteiger partial charge in [-0.05, 0) is 31.4 Å². The van der Waals surface area contributed by atoms with Crippen LogP contribution >= 0.6 is 0 Å². The molecule has 0 aromatic heterocycles. The molecule has 128 valence electrons. The summed E-state index contributed by atoms with van der Waals surface area (Å²) >= 11 is 0. The number of hydrogen-bond acceptors (Lipinski definition) is 4. The quantitative estimate of drug-likeness (QED) is 0.744. The molecule has 0 spiro atoms. The maximum Gasteiger partial charge on any atom is 0.254 e. The zero-order valence-corrected chi connectivity index (χ0v) is 13.3. The smallest absolute Gasteiger partial charge is 0.254 e. The van der Waals surface area contributed by atoms with E-state index in [2.05, 4.69) is 16.0 Å². The highest BCUT2D eigenvalue weighted by atomic mass is 16.5. The Kier molecular flexibility index (Phi) is 5.10. The number of anilines is 1. The number of rotatable bonds is 5. The first kappa shape index (κ1) is 16.4. The molecule has 2 heterocycles. The summed E-state index contributed by atoms with van der Waals surface area (Å²) in [6, 6.07) is 6.11. The molecule has 0 aliphatic carbocycles. The SMILES string of the molecule is O=C(CC[C@H]1NC(=O)c2ccccc2NC1=O)NC[C@H]1CCCO1. The van der Waals surface area contributed by atoms with Crippen LogP contribution in [-0.2, 0) is 14.3 Å². The fourth-order valence-corrected chi connectivity index (χ4v) is 2.91. The number of para-hydroxylation sites is 1. The second kappa shape index (κ2) is 7.44. The van der Waals surface area contributed by atoms with Crippen molar-refractivity contribution < 1.29 is 19.1 Å². The number of ether oxygens (including phenoxy) is 1. The Hall–Kier alpha value is -2.41. The number of fused-ring (bicyclic) bond motifs is 1. The lowest BCUT2D eigenvalue weighted by molar-refractivity contribution is -0.122. The Morgan fingerprint density at radius 3 is 2.92 bits per heavy atom. The fraction of sp³-hybridized carbons (Fsp3) is 0.471. The molecule has 3 amide bonds. The first-order valence-corrected chi connectivity index (χ1v) is 8.22. The van der Waals surface area contributed by atoms with E-state index in [9.17, 15) is 14.4 Å². The van der Waals surface area contributed by atoms with Crippen LogP contribution in [0.1, 0.15) is 36.0 Å². The van der Waals surface area contributed by atoms with Crippen LogP contribution in [0.2, 0.25) is 0 Å². The lowest BCUT2D eigenvalue weighted by Gasteiger charge is -2.15. The van der Waals surface area contributed by atoms with E-state index in [1.165, 1.54) is 0 Å². The first-order chi connectivity index (χ1) is 11.6. The van der Waals surface area contributed by atoms with Gasteiger partial charge in [-0.15, -0.1) is 0 Å². The van der Waals surface area contributed by atoms with Gasteiger partial charge in [-0.1, -0.05) is 12.1 Å². The summed E-state index contributed by atoms with van der Waals surface area (Å²) in [6.07, 6.45) is 2.49. The average Bonchev–Trinajstić information content (AvgIpc) is 3.06. The summed E-state index contributed by atoms with van der Waals surface area (Å²) in [6.45, 7) is 1.24. The van der Waals surface area contributed by atoms with Crippen LogP contribution in [0.15, 0.2) is 24.3 Å². The van der Waals surface area contributed by atoms with Crippen LogP contribution in [0.4, 0.5) is 5.69 Å². The lowest BCUT2D eigenvalue weighted by atomic mass is 10.1. The minimum absolute atomic E-state index is 0.0873. The third-order valence-corrected chi connectivity index (χ3v) is 4.26. The minimum atomic E-state index is -0.724. The molecule has 0 bridgehead atoms. The summed E-state index contributed by atoms with van der Waals surface area (Å²) in [7, 11) is 0. The third-order valence-electron chi connectivity index (χ3n) is 4.26. The van der Waals surface area contributed by atoms with Gasteiger partial charge in [-0.2, -0.15) is 0 Å². The Balaban J connectivity index is 1.51. The van der Waals surface area contributed by atoms with Gasteiger partial charge in [0.1, 0.15) is 6.04 Å². The van der Waals surface area contributed by atoms with Crippen molar-refractivity contribution >= 4 is 23.4 Å². The van der Waals surface area contributed by atoms with E-state index in [4.69, 9.17) is 4.74 Å². The Morgan fingerprint density at radius 2 is 2.12 bits per heavy atom. The van der Waals surface area contributed by atoms with Gasteiger partial charge in [-0.25, -0.2) is 0 Å². The molecular weight excluding hydrogens is 310 g/mol. The maximum atomic E-state index is 12.2. The van der Waals surface area contributed by atoms with Crippen LogP contribution in [0.5, 0.6) is 0 Å². The van der Waals surface area contributed by atoms with E-state index in [-0.39, 0.29) is 36.7 Å². The molecule has 24 heavy (non-hydrogen) atoms. The van der Waals surface area contributed by atoms with Gasteiger partial charge in [0.05, 0.1) is 17.4 Å². The molecule has 3 rings (SSSR count). The molecule has 1 aromatic carbocycles. The van der Waals surface area contributed by atoms with Gasteiger partial charge in [-0.3, -0.25) is 14.4 Å². The molecule has 1 saturated heterocycles. The Morgan fingerprint density at radius 1 is 1.29 bits per heavy atom. The average molecular weight is 331 g/mol. The number of hydrogen-bond donors (Lipinski definition) is 3. The highest BCUT2D eigenvalue weighted by molar-refractivity contribution is 6.09. The molecule has 0 radical (unpaired) electrons. The molecule has 3 N–H and O–H groups in total. The van der Waals surface area contributed by atoms with E-state index >= 15 is 0 Å². The summed E-state index contributed by atoms with van der Waals surface area (Å²) in [4.78, 5) is 36.3. The summed E-state index contributed by atoms with van der Waals surface area (Å²) in [5.74, 6) is -0.761. The number of benzene rings is 1. The Bertz CT molecular complexity index is 640. The minimum Gasteiger partial charge on any atom is -0.376 e. The summed E-state index contributed by atoms with van der Waals surface area (Å²) in [5, 5.41) is 8.23. The molecule has 2 aliphatic heterocycles. The van der Waals surface area contributed by atoms with Crippen molar-refractivity contribution in [3.63, 3.8) is 0 Å². The molecule has 7 nitrogen and oxygen atoms in total. The predicted molar refractivity (Wildman–Crippen MR) is 87.5 cm³/mol. The number of amides is 3. The van der Waals surface area contributed by atoms with Crippen molar-refractivity contribution in [1.82, 2.24) is 10.6 Å². The van der Waals surface area contributed by atoms with Crippen LogP contribution < -0.4 is 16.0 Å². The largest absolute Gasteiger partial charge is 0.376 e. The fourth-order valence-electron chi connectivity index (χ4n) is 2.91. The molecule has 7 heteroatoms. The topological polar surface area (TPSA) is 96.5 Å². The van der Waals surface area contributed by atoms with Crippen molar-refractivity contribution in [2.75, 3.05) is 18.5 Å². The van der Waals surface area contributed by atoms with Crippen LogP contribution in [-0.4, -0.2) is 43.0 Å².